The number of benzene rings is 19. The number of nitrogens with zero attached hydrogens (tertiary/aromatic N) is 1. The van der Waals surface area contributed by atoms with Gasteiger partial charge < -0.3 is 19.1 Å². The van der Waals surface area contributed by atoms with E-state index in [4.69, 9.17) is 14.2 Å². The van der Waals surface area contributed by atoms with Crippen LogP contribution in [0.5, 0.6) is 5.75 Å². The van der Waals surface area contributed by atoms with Gasteiger partial charge in [-0.3, -0.25) is 0 Å². The van der Waals surface area contributed by atoms with Crippen molar-refractivity contribution in [3.63, 3.8) is 0 Å². The van der Waals surface area contributed by atoms with Crippen LogP contribution in [-0.2, 0) is 30.0 Å². The largest absolute Gasteiger partial charge is 0.497 e. The SMILES string of the molecule is COC(=O)C1=C(C(=O)OC)C23c4c5c6c7c8c9c(c%10c%11c2c2c4c4c%12c5c5c6c6c8c8c%13c9c9c%10c%10c%11c%11c2c2c4c4c%12c%12c5c5c6c8c6c8c%13c9c9c%10c%10c%11c2c2c4c4c%12c5c6c5c8c9c%10c2c45)C73N1c1ccc(OC)cc1. The lowest BCUT2D eigenvalue weighted by atomic mass is 9.51. The summed E-state index contributed by atoms with van der Waals surface area (Å²) in [4.78, 5) is 35.0. The van der Waals surface area contributed by atoms with E-state index in [1.807, 2.05) is 12.1 Å². The number of rotatable bonds is 4. The van der Waals surface area contributed by atoms with Crippen molar-refractivity contribution in [2.75, 3.05) is 26.2 Å². The van der Waals surface area contributed by atoms with Crippen LogP contribution in [-0.4, -0.2) is 33.3 Å². The number of hydrogen-bond donors (Lipinski definition) is 0. The molecule has 0 saturated heterocycles. The molecule has 79 heavy (non-hydrogen) atoms. The van der Waals surface area contributed by atoms with Gasteiger partial charge in [0.25, 0.3) is 0 Å². The molecule has 0 N–H and O–H groups in total. The molecule has 0 amide bonds. The molecule has 0 bridgehead atoms. The molecule has 1 aliphatic heterocycles. The topological polar surface area (TPSA) is 65.1 Å². The zero-order valence-electron chi connectivity index (χ0n) is 40.8. The van der Waals surface area contributed by atoms with Gasteiger partial charge in [0.2, 0.25) is 0 Å². The van der Waals surface area contributed by atoms with Crippen LogP contribution in [0.25, 0.3) is 291 Å². The lowest BCUT2D eigenvalue weighted by Crippen LogP contribution is -2.58. The van der Waals surface area contributed by atoms with Gasteiger partial charge in [0.1, 0.15) is 17.0 Å². The summed E-state index contributed by atoms with van der Waals surface area (Å²) in [5.74, 6) is -0.256. The van der Waals surface area contributed by atoms with Gasteiger partial charge in [0.05, 0.1) is 32.3 Å². The highest BCUT2D eigenvalue weighted by Crippen LogP contribution is 2.87. The zero-order valence-corrected chi connectivity index (χ0v) is 40.8. The first kappa shape index (κ1) is 31.2. The smallest absolute Gasteiger partial charge is 0.355 e. The Morgan fingerprint density at radius 1 is 0.291 bits per heavy atom. The van der Waals surface area contributed by atoms with Crippen molar-refractivity contribution in [2.45, 2.75) is 11.0 Å². The fraction of sp³-hybridized carbons (Fsp3) is 0.0685. The fourth-order valence-corrected chi connectivity index (χ4v) is 26.2. The van der Waals surface area contributed by atoms with Gasteiger partial charge in [0, 0.05) is 16.8 Å². The molecule has 0 radical (unpaired) electrons. The number of esters is 2. The minimum Gasteiger partial charge on any atom is -0.497 e. The van der Waals surface area contributed by atoms with Crippen LogP contribution >= 0.6 is 0 Å². The van der Waals surface area contributed by atoms with Crippen molar-refractivity contribution < 1.29 is 23.8 Å². The summed E-state index contributed by atoms with van der Waals surface area (Å²) in [6.07, 6.45) is 0. The summed E-state index contributed by atoms with van der Waals surface area (Å²) < 4.78 is 18.5. The number of hydrogen-bond acceptors (Lipinski definition) is 6. The summed E-state index contributed by atoms with van der Waals surface area (Å²) >= 11 is 0. The highest BCUT2D eigenvalue weighted by molar-refractivity contribution is 6.82. The Kier molecular flexibility index (Phi) is 2.90. The van der Waals surface area contributed by atoms with Gasteiger partial charge >= 0.3 is 11.9 Å². The second-order valence-electron chi connectivity index (χ2n) is 27.0. The van der Waals surface area contributed by atoms with E-state index >= 15 is 9.59 Å². The molecule has 0 atom stereocenters. The third-order valence-electron chi connectivity index (χ3n) is 26.5. The Morgan fingerprint density at radius 3 is 0.722 bits per heavy atom. The standard InChI is InChI=1S/C73H13NO5/c1-77-9-6-4-8(5-7-9)74-69(71(76)79-3)68(70(75)78-2)72-64-56-48-38-28-20-12-10-11-14-18-16(12)24-32-26(18)36-30-22(14)23-15(11)19-17-13(10)21(20)29-35-25(17)33-27(19)37-31(23)41-40(30)52-46(36)54-44(32)50(42(48)34(24)28)58(64)60(54)66-62(52)63-53(41)47(37)55-45(33)51-43(35)49(39(29)38)57(56)65(72)59(51)61(55)67(63)73(66,72)74/h4-7H,1-3H3. The van der Waals surface area contributed by atoms with E-state index in [0.717, 1.165) is 11.4 Å². The Hall–Kier alpha value is -10.0. The average Bonchev–Trinajstić information content (AvgIpc) is 1.41. The summed E-state index contributed by atoms with van der Waals surface area (Å²) in [5.41, 5.74) is 4.19. The molecule has 5 aliphatic rings. The predicted molar refractivity (Wildman–Crippen MR) is 320 cm³/mol. The fourth-order valence-electron chi connectivity index (χ4n) is 26.2. The van der Waals surface area contributed by atoms with E-state index in [-0.39, 0.29) is 5.70 Å². The molecule has 29 aromatic carbocycles. The maximum absolute atomic E-state index is 16.5. The molecule has 6 heteroatoms. The first-order valence-electron chi connectivity index (χ1n) is 28.2. The minimum atomic E-state index is -1.24. The van der Waals surface area contributed by atoms with Gasteiger partial charge in [0.15, 0.2) is 0 Å². The van der Waals surface area contributed by atoms with Crippen LogP contribution < -0.4 is 9.64 Å². The molecular formula is C73H13NO5. The normalized spacial score (nSPS) is 21.2. The number of ether oxygens (including phenoxy) is 3. The third-order valence-corrected chi connectivity index (χ3v) is 26.5. The van der Waals surface area contributed by atoms with Gasteiger partial charge in [-0.2, -0.15) is 0 Å². The van der Waals surface area contributed by atoms with Gasteiger partial charge in [-0.15, -0.1) is 0 Å². The summed E-state index contributed by atoms with van der Waals surface area (Å²) in [6, 6.07) is 8.36. The summed E-state index contributed by atoms with van der Waals surface area (Å²) in [7, 11) is 4.76. The van der Waals surface area contributed by atoms with Gasteiger partial charge in [-0.25, -0.2) is 9.59 Å². The average molecular weight is 984 g/mol. The Bertz CT molecular complexity index is 7690. The molecule has 34 rings (SSSR count). The first-order chi connectivity index (χ1) is 39.1. The van der Waals surface area contributed by atoms with E-state index in [1.165, 1.54) is 273 Å². The molecule has 0 unspecified atom stereocenters. The van der Waals surface area contributed by atoms with E-state index in [9.17, 15) is 0 Å². The number of carbonyl (C=O) groups excluding carboxylic acids is 2. The molecule has 0 fully saturated rings. The molecule has 1 heterocycles. The van der Waals surface area contributed by atoms with Crippen LogP contribution in [0.15, 0.2) is 35.5 Å². The monoisotopic (exact) mass is 983 g/mol. The highest BCUT2D eigenvalue weighted by atomic mass is 16.5. The van der Waals surface area contributed by atoms with Gasteiger partial charge in [-0.05, 0) is 326 Å². The lowest BCUT2D eigenvalue weighted by Gasteiger charge is -2.54. The molecule has 4 aliphatic carbocycles. The van der Waals surface area contributed by atoms with Crippen molar-refractivity contribution >= 4 is 308 Å². The van der Waals surface area contributed by atoms with Crippen molar-refractivity contribution in [1.29, 1.82) is 0 Å². The Balaban J connectivity index is 1.11. The molecule has 0 aromatic heterocycles. The van der Waals surface area contributed by atoms with Crippen LogP contribution in [0, 0.1) is 0 Å². The van der Waals surface area contributed by atoms with Crippen LogP contribution in [0.3, 0.4) is 0 Å². The van der Waals surface area contributed by atoms with E-state index in [2.05, 4.69) is 17.0 Å². The second-order valence-corrected chi connectivity index (χ2v) is 27.0. The predicted octanol–water partition coefficient (Wildman–Crippen LogP) is 17.4. The van der Waals surface area contributed by atoms with Crippen LogP contribution in [0.4, 0.5) is 5.69 Å². The minimum absolute atomic E-state index is 0.287. The zero-order chi connectivity index (χ0) is 48.5. The first-order valence-corrected chi connectivity index (χ1v) is 28.2. The van der Waals surface area contributed by atoms with Crippen LogP contribution in [0.1, 0.15) is 22.3 Å². The van der Waals surface area contributed by atoms with E-state index in [1.54, 1.807) is 61.0 Å². The lowest BCUT2D eigenvalue weighted by molar-refractivity contribution is -0.139. The maximum Gasteiger partial charge on any atom is 0.355 e. The van der Waals surface area contributed by atoms with E-state index in [0.29, 0.717) is 5.57 Å². The number of anilines is 1. The molecule has 2 spiro atoms. The van der Waals surface area contributed by atoms with E-state index < -0.39 is 22.9 Å². The molecule has 29 aromatic rings. The number of methoxy groups -OCH3 is 3. The van der Waals surface area contributed by atoms with Crippen molar-refractivity contribution in [3.8, 4) is 5.75 Å². The summed E-state index contributed by atoms with van der Waals surface area (Å²) in [6.45, 7) is 0. The molecule has 6 nitrogen and oxygen atoms in total. The second kappa shape index (κ2) is 7.32. The third kappa shape index (κ3) is 1.75. The van der Waals surface area contributed by atoms with Gasteiger partial charge in [-0.1, -0.05) is 0 Å². The highest BCUT2D eigenvalue weighted by Gasteiger charge is 2.79. The van der Waals surface area contributed by atoms with Crippen molar-refractivity contribution in [3.05, 3.63) is 57.8 Å². The molecule has 340 valence electrons. The maximum atomic E-state index is 16.5. The van der Waals surface area contributed by atoms with Crippen molar-refractivity contribution in [2.24, 2.45) is 0 Å². The Morgan fingerprint density at radius 2 is 0.506 bits per heavy atom. The summed E-state index contributed by atoms with van der Waals surface area (Å²) in [5, 5.41) is 79.1. The number of carbonyl (C=O) groups is 2. The molecular weight excluding hydrogens is 971 g/mol. The quantitative estimate of drug-likeness (QED) is 0.129. The molecule has 0 saturated carbocycles. The van der Waals surface area contributed by atoms with Crippen molar-refractivity contribution in [1.82, 2.24) is 0 Å². The Labute approximate surface area is 430 Å². The van der Waals surface area contributed by atoms with Crippen LogP contribution in [0.2, 0.25) is 0 Å².